The van der Waals surface area contributed by atoms with E-state index in [2.05, 4.69) is 11.8 Å². The van der Waals surface area contributed by atoms with Gasteiger partial charge in [0.1, 0.15) is 11.5 Å². The molecule has 9 atom stereocenters. The Morgan fingerprint density at radius 1 is 1.07 bits per heavy atom. The number of aliphatic hydroxyl groups excluding tert-OH is 2. The van der Waals surface area contributed by atoms with Gasteiger partial charge in [-0.1, -0.05) is 13.8 Å². The van der Waals surface area contributed by atoms with Gasteiger partial charge in [0.2, 0.25) is 0 Å². The predicted molar refractivity (Wildman–Crippen MR) is 153 cm³/mol. The number of cyclic esters (lactones) is 1. The van der Waals surface area contributed by atoms with Crippen LogP contribution in [0, 0.1) is 17.3 Å². The molecule has 0 saturated carbocycles. The Kier molecular flexibility index (Phi) is 13.0. The highest BCUT2D eigenvalue weighted by Crippen LogP contribution is 2.38. The van der Waals surface area contributed by atoms with Crippen molar-refractivity contribution in [2.75, 3.05) is 47.9 Å². The van der Waals surface area contributed by atoms with Crippen molar-refractivity contribution in [3.8, 4) is 0 Å². The molecule has 40 heavy (non-hydrogen) atoms. The average molecular weight is 573 g/mol. The zero-order chi connectivity index (χ0) is 30.4. The van der Waals surface area contributed by atoms with E-state index in [1.54, 1.807) is 27.9 Å². The lowest BCUT2D eigenvalue weighted by molar-refractivity contribution is -0.295. The summed E-state index contributed by atoms with van der Waals surface area (Å²) < 4.78 is 24.3. The number of methoxy groups -OCH3 is 1. The first-order valence-electron chi connectivity index (χ1n) is 14.8. The third-order valence-electron chi connectivity index (χ3n) is 8.76. The van der Waals surface area contributed by atoms with Gasteiger partial charge in [-0.05, 0) is 86.9 Å². The molecule has 2 rings (SSSR count). The standard InChI is InChI=1S/C30H56N2O8/c1-19-17-30(6,37-10)26(40-27-24(34)23(31(7)8)16-20(2)39-27)21(3)25(35)29(4,5)28(36)38-15-11-12-22(33)13-14-32(9)18-19/h19-24,26-27,33-34H,11-18H2,1-10H3/t19-,20-,21+,22?,23+,24-,26-,27+,30-/m1/s1. The van der Waals surface area contributed by atoms with Gasteiger partial charge in [0.15, 0.2) is 12.1 Å². The first-order valence-corrected chi connectivity index (χ1v) is 14.8. The third-order valence-corrected chi connectivity index (χ3v) is 8.76. The number of hydrogen-bond acceptors (Lipinski definition) is 10. The number of likely N-dealkylation sites (N-methyl/N-ethyl adjacent to an activating group) is 1. The Morgan fingerprint density at radius 3 is 2.33 bits per heavy atom. The second-order valence-corrected chi connectivity index (χ2v) is 13.2. The van der Waals surface area contributed by atoms with E-state index in [1.807, 2.05) is 39.9 Å². The summed E-state index contributed by atoms with van der Waals surface area (Å²) in [6.07, 6.45) is -0.531. The number of carbonyl (C=O) groups excluding carboxylic acids is 2. The molecule has 0 radical (unpaired) electrons. The molecule has 2 saturated heterocycles. The summed E-state index contributed by atoms with van der Waals surface area (Å²) in [5, 5.41) is 21.6. The van der Waals surface area contributed by atoms with E-state index in [0.29, 0.717) is 32.1 Å². The fourth-order valence-corrected chi connectivity index (χ4v) is 6.27. The molecule has 0 aliphatic carbocycles. The topological polar surface area (TPSA) is 118 Å². The van der Waals surface area contributed by atoms with E-state index in [0.717, 1.165) is 13.1 Å². The maximum atomic E-state index is 14.0. The fraction of sp³-hybridized carbons (Fsp3) is 0.933. The van der Waals surface area contributed by atoms with E-state index >= 15 is 0 Å². The quantitative estimate of drug-likeness (QED) is 0.384. The molecule has 10 nitrogen and oxygen atoms in total. The van der Waals surface area contributed by atoms with Crippen molar-refractivity contribution in [3.05, 3.63) is 0 Å². The Bertz CT molecular complexity index is 824. The fourth-order valence-electron chi connectivity index (χ4n) is 6.27. The van der Waals surface area contributed by atoms with Crippen LogP contribution in [0.1, 0.15) is 73.6 Å². The summed E-state index contributed by atoms with van der Waals surface area (Å²) >= 11 is 0. The number of nitrogens with zero attached hydrogens (tertiary/aromatic N) is 2. The molecule has 1 unspecified atom stereocenters. The molecule has 234 valence electrons. The van der Waals surface area contributed by atoms with Gasteiger partial charge in [-0.2, -0.15) is 0 Å². The molecule has 0 aromatic heterocycles. The van der Waals surface area contributed by atoms with E-state index in [9.17, 15) is 19.8 Å². The van der Waals surface area contributed by atoms with Crippen molar-refractivity contribution in [1.82, 2.24) is 9.80 Å². The summed E-state index contributed by atoms with van der Waals surface area (Å²) in [4.78, 5) is 31.2. The van der Waals surface area contributed by atoms with Gasteiger partial charge >= 0.3 is 5.97 Å². The Morgan fingerprint density at radius 2 is 1.73 bits per heavy atom. The molecule has 2 aliphatic rings. The molecule has 10 heteroatoms. The number of aliphatic hydroxyl groups is 2. The molecule has 0 bridgehead atoms. The summed E-state index contributed by atoms with van der Waals surface area (Å²) in [7, 11) is 7.45. The van der Waals surface area contributed by atoms with Crippen LogP contribution in [0.3, 0.4) is 0 Å². The molecule has 0 aromatic rings. The smallest absolute Gasteiger partial charge is 0.319 e. The minimum atomic E-state index is -1.43. The second kappa shape index (κ2) is 14.8. The van der Waals surface area contributed by atoms with Gasteiger partial charge in [-0.15, -0.1) is 0 Å². The number of ether oxygens (including phenoxy) is 4. The van der Waals surface area contributed by atoms with Gasteiger partial charge in [0.05, 0.1) is 30.5 Å². The lowest BCUT2D eigenvalue weighted by Gasteiger charge is -2.47. The van der Waals surface area contributed by atoms with Crippen LogP contribution in [-0.4, -0.2) is 122 Å². The van der Waals surface area contributed by atoms with Crippen LogP contribution in [0.15, 0.2) is 0 Å². The molecule has 2 N–H and O–H groups in total. The predicted octanol–water partition coefficient (Wildman–Crippen LogP) is 2.48. The van der Waals surface area contributed by atoms with Crippen LogP contribution in [0.5, 0.6) is 0 Å². The van der Waals surface area contributed by atoms with Crippen molar-refractivity contribution >= 4 is 11.8 Å². The molecule has 2 aliphatic heterocycles. The maximum absolute atomic E-state index is 14.0. The van der Waals surface area contributed by atoms with Crippen molar-refractivity contribution in [2.45, 2.75) is 116 Å². The number of carbonyl (C=O) groups is 2. The highest BCUT2D eigenvalue weighted by atomic mass is 16.7. The highest BCUT2D eigenvalue weighted by Gasteiger charge is 2.51. The van der Waals surface area contributed by atoms with E-state index < -0.39 is 47.5 Å². The van der Waals surface area contributed by atoms with Gasteiger partial charge in [-0.3, -0.25) is 9.59 Å². The van der Waals surface area contributed by atoms with Gasteiger partial charge in [0, 0.05) is 32.2 Å². The van der Waals surface area contributed by atoms with Crippen molar-refractivity contribution in [3.63, 3.8) is 0 Å². The van der Waals surface area contributed by atoms with Crippen LogP contribution < -0.4 is 0 Å². The molecule has 0 amide bonds. The monoisotopic (exact) mass is 572 g/mol. The summed E-state index contributed by atoms with van der Waals surface area (Å²) in [5.41, 5.74) is -2.38. The van der Waals surface area contributed by atoms with E-state index in [-0.39, 0.29) is 30.5 Å². The SMILES string of the molecule is CO[C@]1(C)C[C@@H](C)CN(C)CCC(O)CCCOC(=O)C(C)(C)C(=O)[C@H](C)[C@H]1O[C@@H]1O[C@H](C)C[C@H](N(C)C)[C@H]1O. The Balaban J connectivity index is 2.48. The third kappa shape index (κ3) is 8.93. The van der Waals surface area contributed by atoms with Crippen molar-refractivity contribution in [1.29, 1.82) is 0 Å². The Labute approximate surface area is 241 Å². The summed E-state index contributed by atoms with van der Waals surface area (Å²) in [6, 6.07) is -0.182. The number of esters is 1. The molecule has 2 heterocycles. The molecular formula is C30H56N2O8. The average Bonchev–Trinajstić information content (AvgIpc) is 2.88. The molecule has 0 aromatic carbocycles. The van der Waals surface area contributed by atoms with Crippen LogP contribution in [0.2, 0.25) is 0 Å². The highest BCUT2D eigenvalue weighted by molar-refractivity contribution is 6.04. The summed E-state index contributed by atoms with van der Waals surface area (Å²) in [6.45, 7) is 12.5. The number of ketones is 1. The normalized spacial score (nSPS) is 40.0. The molecular weight excluding hydrogens is 516 g/mol. The molecule has 2 fully saturated rings. The number of Topliss-reactive ketones (excluding diaryl/α,β-unsaturated/α-hetero) is 1. The van der Waals surface area contributed by atoms with Crippen LogP contribution in [0.4, 0.5) is 0 Å². The number of hydrogen-bond donors (Lipinski definition) is 2. The number of rotatable bonds is 4. The largest absolute Gasteiger partial charge is 0.465 e. The minimum absolute atomic E-state index is 0.134. The van der Waals surface area contributed by atoms with Crippen LogP contribution in [0.25, 0.3) is 0 Å². The van der Waals surface area contributed by atoms with Gasteiger partial charge < -0.3 is 39.0 Å². The second-order valence-electron chi connectivity index (χ2n) is 13.2. The first-order chi connectivity index (χ1) is 18.5. The van der Waals surface area contributed by atoms with Gasteiger partial charge in [-0.25, -0.2) is 0 Å². The maximum Gasteiger partial charge on any atom is 0.319 e. The van der Waals surface area contributed by atoms with Crippen molar-refractivity contribution < 1.29 is 38.7 Å². The van der Waals surface area contributed by atoms with Crippen LogP contribution >= 0.6 is 0 Å². The van der Waals surface area contributed by atoms with E-state index in [1.165, 1.54) is 0 Å². The zero-order valence-corrected chi connectivity index (χ0v) is 26.5. The van der Waals surface area contributed by atoms with E-state index in [4.69, 9.17) is 18.9 Å². The Hall–Kier alpha value is -1.14. The summed E-state index contributed by atoms with van der Waals surface area (Å²) in [5.74, 6) is -1.56. The minimum Gasteiger partial charge on any atom is -0.465 e. The zero-order valence-electron chi connectivity index (χ0n) is 26.5. The van der Waals surface area contributed by atoms with Crippen molar-refractivity contribution in [2.24, 2.45) is 17.3 Å². The molecule has 0 spiro atoms. The lowest BCUT2D eigenvalue weighted by Crippen LogP contribution is -2.59. The first kappa shape index (κ1) is 35.1. The van der Waals surface area contributed by atoms with Gasteiger partial charge in [0.25, 0.3) is 0 Å². The lowest BCUT2D eigenvalue weighted by atomic mass is 9.74. The van der Waals surface area contributed by atoms with Crippen LogP contribution in [-0.2, 0) is 28.5 Å².